The molecule has 0 rings (SSSR count). The molecule has 0 aromatic heterocycles. The van der Waals surface area contributed by atoms with Gasteiger partial charge in [-0.2, -0.15) is 0 Å². The van der Waals surface area contributed by atoms with Gasteiger partial charge in [0.2, 0.25) is 0 Å². The van der Waals surface area contributed by atoms with Gasteiger partial charge in [-0.3, -0.25) is 9.80 Å². The molecule has 0 spiro atoms. The molecule has 0 N–H and O–H groups in total. The number of nitrogens with zero attached hydrogens (tertiary/aromatic N) is 2. The molecule has 0 aliphatic heterocycles. The van der Waals surface area contributed by atoms with E-state index in [1.807, 2.05) is 0 Å². The van der Waals surface area contributed by atoms with E-state index in [2.05, 4.69) is 51.6 Å². The van der Waals surface area contributed by atoms with Gasteiger partial charge in [0.15, 0.2) is 0 Å². The van der Waals surface area contributed by atoms with Crippen molar-refractivity contribution < 1.29 is 0 Å². The van der Waals surface area contributed by atoms with Gasteiger partial charge in [0.1, 0.15) is 0 Å². The lowest BCUT2D eigenvalue weighted by atomic mass is 10.0. The Hall–Kier alpha value is 0.137. The van der Waals surface area contributed by atoms with Crippen molar-refractivity contribution in [3.05, 3.63) is 0 Å². The Morgan fingerprint density at radius 1 is 1.14 bits per heavy atom. The predicted molar refractivity (Wildman–Crippen MR) is 68.7 cm³/mol. The fourth-order valence-corrected chi connectivity index (χ4v) is 3.33. The highest BCUT2D eigenvalue weighted by Gasteiger charge is 2.36. The van der Waals surface area contributed by atoms with E-state index in [0.29, 0.717) is 5.29 Å². The molecule has 14 heavy (non-hydrogen) atoms. The Balaban J connectivity index is 4.86. The highest BCUT2D eigenvalue weighted by atomic mass is 28.1. The van der Waals surface area contributed by atoms with Gasteiger partial charge in [0.05, 0.1) is 5.29 Å². The van der Waals surface area contributed by atoms with Crippen molar-refractivity contribution in [2.75, 3.05) is 27.2 Å². The second-order valence-corrected chi connectivity index (χ2v) is 5.94. The SMILES string of the molecule is CCC(C)C([SiH3])(N(C)C)N(CC)CC. The molecule has 0 aromatic carbocycles. The fourth-order valence-electron chi connectivity index (χ4n) is 2.29. The molecular formula is C11H28N2Si. The molecule has 3 heteroatoms. The molecule has 0 bridgehead atoms. The Bertz CT molecular complexity index is 157. The van der Waals surface area contributed by atoms with Gasteiger partial charge >= 0.3 is 0 Å². The lowest BCUT2D eigenvalue weighted by Crippen LogP contribution is -2.62. The second-order valence-electron chi connectivity index (χ2n) is 4.47. The first kappa shape index (κ1) is 14.1. The van der Waals surface area contributed by atoms with Crippen molar-refractivity contribution in [1.29, 1.82) is 0 Å². The minimum absolute atomic E-state index is 0.332. The zero-order valence-corrected chi connectivity index (χ0v) is 13.1. The van der Waals surface area contributed by atoms with Gasteiger partial charge in [-0.1, -0.05) is 34.1 Å². The fraction of sp³-hybridized carbons (Fsp3) is 1.00. The standard InChI is InChI=1S/C11H28N2Si/c1-7-10(4)11(14,12(5)6)13(8-2)9-3/h10H,7-9H2,1-6,14H3. The maximum Gasteiger partial charge on any atom is 0.0541 e. The normalized spacial score (nSPS) is 18.9. The van der Waals surface area contributed by atoms with Crippen molar-refractivity contribution in [2.45, 2.75) is 39.4 Å². The predicted octanol–water partition coefficient (Wildman–Crippen LogP) is 0.955. The van der Waals surface area contributed by atoms with Crippen molar-refractivity contribution in [3.8, 4) is 0 Å². The van der Waals surface area contributed by atoms with Crippen molar-refractivity contribution in [2.24, 2.45) is 5.92 Å². The third-order valence-electron chi connectivity index (χ3n) is 3.86. The van der Waals surface area contributed by atoms with E-state index in [1.165, 1.54) is 16.7 Å². The molecular weight excluding hydrogens is 188 g/mol. The molecule has 0 amide bonds. The van der Waals surface area contributed by atoms with E-state index >= 15 is 0 Å². The maximum absolute atomic E-state index is 2.60. The number of hydrogen-bond acceptors (Lipinski definition) is 2. The average Bonchev–Trinajstić information content (AvgIpc) is 2.17. The quantitative estimate of drug-likeness (QED) is 0.482. The lowest BCUT2D eigenvalue weighted by Gasteiger charge is -2.49. The Kier molecular flexibility index (Phi) is 5.94. The Morgan fingerprint density at radius 3 is 1.79 bits per heavy atom. The van der Waals surface area contributed by atoms with E-state index in [4.69, 9.17) is 0 Å². The first-order valence-electron chi connectivity index (χ1n) is 5.87. The molecule has 0 aromatic rings. The van der Waals surface area contributed by atoms with Crippen LogP contribution in [0.5, 0.6) is 0 Å². The minimum Gasteiger partial charge on any atom is -0.295 e. The summed E-state index contributed by atoms with van der Waals surface area (Å²) in [5, 5.41) is 0.332. The summed E-state index contributed by atoms with van der Waals surface area (Å²) in [4.78, 5) is 5.02. The third kappa shape index (κ3) is 2.58. The third-order valence-corrected chi connectivity index (χ3v) is 6.37. The van der Waals surface area contributed by atoms with Crippen LogP contribution in [0.25, 0.3) is 0 Å². The summed E-state index contributed by atoms with van der Waals surface area (Å²) in [6.45, 7) is 11.5. The van der Waals surface area contributed by atoms with Gasteiger partial charge in [-0.05, 0) is 33.1 Å². The molecule has 0 heterocycles. The van der Waals surface area contributed by atoms with Crippen LogP contribution in [-0.4, -0.2) is 52.5 Å². The van der Waals surface area contributed by atoms with E-state index in [-0.39, 0.29) is 0 Å². The summed E-state index contributed by atoms with van der Waals surface area (Å²) in [5.74, 6) is 0.754. The molecule has 0 saturated carbocycles. The Morgan fingerprint density at radius 2 is 1.57 bits per heavy atom. The summed E-state index contributed by atoms with van der Waals surface area (Å²) in [5.41, 5.74) is 0. The van der Waals surface area contributed by atoms with E-state index in [0.717, 1.165) is 19.0 Å². The lowest BCUT2D eigenvalue weighted by molar-refractivity contribution is 0.00269. The van der Waals surface area contributed by atoms with E-state index in [1.54, 1.807) is 0 Å². The van der Waals surface area contributed by atoms with Crippen LogP contribution >= 0.6 is 0 Å². The van der Waals surface area contributed by atoms with Crippen LogP contribution in [0.3, 0.4) is 0 Å². The van der Waals surface area contributed by atoms with Gasteiger partial charge in [-0.25, -0.2) is 0 Å². The van der Waals surface area contributed by atoms with Crippen LogP contribution in [0, 0.1) is 5.92 Å². The van der Waals surface area contributed by atoms with Crippen LogP contribution in [0.2, 0.25) is 0 Å². The average molecular weight is 216 g/mol. The highest BCUT2D eigenvalue weighted by molar-refractivity contribution is 6.15. The largest absolute Gasteiger partial charge is 0.295 e. The summed E-state index contributed by atoms with van der Waals surface area (Å²) in [7, 11) is 5.64. The Labute approximate surface area is 93.1 Å². The van der Waals surface area contributed by atoms with Gasteiger partial charge in [-0.15, -0.1) is 0 Å². The molecule has 0 radical (unpaired) electrons. The summed E-state index contributed by atoms with van der Waals surface area (Å²) >= 11 is 0. The van der Waals surface area contributed by atoms with Gasteiger partial charge in [0, 0.05) is 10.2 Å². The minimum atomic E-state index is 0.332. The molecule has 86 valence electrons. The van der Waals surface area contributed by atoms with Gasteiger partial charge in [0.25, 0.3) is 0 Å². The summed E-state index contributed by atoms with van der Waals surface area (Å²) < 4.78 is 0. The molecule has 0 aliphatic carbocycles. The van der Waals surface area contributed by atoms with Crippen LogP contribution in [-0.2, 0) is 0 Å². The zero-order chi connectivity index (χ0) is 11.4. The first-order valence-corrected chi connectivity index (χ1v) is 6.87. The zero-order valence-electron chi connectivity index (χ0n) is 11.1. The molecule has 2 nitrogen and oxygen atoms in total. The number of rotatable bonds is 6. The highest BCUT2D eigenvalue weighted by Crippen LogP contribution is 2.26. The molecule has 0 aliphatic rings. The molecule has 2 unspecified atom stereocenters. The van der Waals surface area contributed by atoms with Gasteiger partial charge < -0.3 is 0 Å². The number of hydrogen-bond donors (Lipinski definition) is 0. The van der Waals surface area contributed by atoms with Crippen LogP contribution in [0.1, 0.15) is 34.1 Å². The van der Waals surface area contributed by atoms with E-state index < -0.39 is 0 Å². The topological polar surface area (TPSA) is 6.48 Å². The molecule has 0 saturated heterocycles. The van der Waals surface area contributed by atoms with E-state index in [9.17, 15) is 0 Å². The van der Waals surface area contributed by atoms with Crippen molar-refractivity contribution in [3.63, 3.8) is 0 Å². The molecule has 0 fully saturated rings. The monoisotopic (exact) mass is 216 g/mol. The van der Waals surface area contributed by atoms with Crippen LogP contribution in [0.15, 0.2) is 0 Å². The summed E-state index contributed by atoms with van der Waals surface area (Å²) in [6, 6.07) is 0. The van der Waals surface area contributed by atoms with Crippen LogP contribution < -0.4 is 0 Å². The summed E-state index contributed by atoms with van der Waals surface area (Å²) in [6.07, 6.45) is 1.26. The maximum atomic E-state index is 2.60. The van der Waals surface area contributed by atoms with Crippen LogP contribution in [0.4, 0.5) is 0 Å². The second kappa shape index (κ2) is 5.88. The first-order chi connectivity index (χ1) is 6.44. The molecule has 2 atom stereocenters. The van der Waals surface area contributed by atoms with Crippen molar-refractivity contribution >= 4 is 10.2 Å². The van der Waals surface area contributed by atoms with Crippen molar-refractivity contribution in [1.82, 2.24) is 9.80 Å². The smallest absolute Gasteiger partial charge is 0.0541 e.